The van der Waals surface area contributed by atoms with Crippen LogP contribution in [0.4, 0.5) is 0 Å². The lowest BCUT2D eigenvalue weighted by Crippen LogP contribution is -2.37. The van der Waals surface area contributed by atoms with Crippen LogP contribution in [0, 0.1) is 5.92 Å². The summed E-state index contributed by atoms with van der Waals surface area (Å²) in [6.07, 6.45) is 6.50. The molecular weight excluding hydrogens is 318 g/mol. The van der Waals surface area contributed by atoms with Crippen LogP contribution in [0.15, 0.2) is 40.3 Å². The summed E-state index contributed by atoms with van der Waals surface area (Å²) in [5.74, 6) is 0.871. The Morgan fingerprint density at radius 2 is 2.22 bits per heavy atom. The number of aromatic nitrogens is 2. The van der Waals surface area contributed by atoms with Crippen LogP contribution in [0.2, 0.25) is 0 Å². The molecule has 8 heteroatoms. The quantitative estimate of drug-likeness (QED) is 0.869. The van der Waals surface area contributed by atoms with E-state index >= 15 is 0 Å². The maximum atomic E-state index is 12.6. The number of furan rings is 1. The molecule has 0 saturated carbocycles. The number of sulfonamides is 1. The maximum Gasteiger partial charge on any atom is 0.274 e. The molecule has 0 unspecified atom stereocenters. The van der Waals surface area contributed by atoms with Gasteiger partial charge in [0, 0.05) is 32.2 Å². The average Bonchev–Trinajstić information content (AvgIpc) is 3.25. The summed E-state index contributed by atoms with van der Waals surface area (Å²) in [4.78, 5) is 4.39. The summed E-state index contributed by atoms with van der Waals surface area (Å²) in [5.41, 5.74) is 0. The van der Waals surface area contributed by atoms with Gasteiger partial charge in [-0.3, -0.25) is 0 Å². The summed E-state index contributed by atoms with van der Waals surface area (Å²) in [7, 11) is -3.73. The maximum absolute atomic E-state index is 12.6. The Hall–Kier alpha value is -1.64. The van der Waals surface area contributed by atoms with E-state index in [1.54, 1.807) is 12.3 Å². The van der Waals surface area contributed by atoms with E-state index in [1.165, 1.54) is 12.3 Å². The van der Waals surface area contributed by atoms with Crippen molar-refractivity contribution in [3.05, 3.63) is 36.6 Å². The Kier molecular flexibility index (Phi) is 4.84. The number of hydrogen-bond acceptors (Lipinski definition) is 5. The second-order valence-corrected chi connectivity index (χ2v) is 7.20. The molecule has 2 aromatic rings. The Balaban J connectivity index is 1.92. The van der Waals surface area contributed by atoms with Gasteiger partial charge >= 0.3 is 0 Å². The van der Waals surface area contributed by atoms with Crippen LogP contribution in [0.5, 0.6) is 0 Å². The normalized spacial score (nSPS) is 18.1. The van der Waals surface area contributed by atoms with E-state index in [4.69, 9.17) is 9.15 Å². The molecule has 0 bridgehead atoms. The van der Waals surface area contributed by atoms with Gasteiger partial charge in [-0.2, -0.15) is 4.72 Å². The molecule has 1 saturated heterocycles. The number of nitrogens with one attached hydrogen (secondary N) is 1. The van der Waals surface area contributed by atoms with Crippen LogP contribution < -0.4 is 4.72 Å². The summed E-state index contributed by atoms with van der Waals surface area (Å²) in [6, 6.07) is 2.60. The van der Waals surface area contributed by atoms with E-state index in [2.05, 4.69) is 9.71 Å². The third kappa shape index (κ3) is 3.49. The molecule has 0 radical (unpaired) electrons. The molecular formula is C15H21N3O4S. The highest BCUT2D eigenvalue weighted by Gasteiger charge is 2.33. The smallest absolute Gasteiger partial charge is 0.274 e. The molecule has 3 rings (SSSR count). The van der Waals surface area contributed by atoms with E-state index in [-0.39, 0.29) is 11.0 Å². The molecule has 1 atom stereocenters. The highest BCUT2D eigenvalue weighted by molar-refractivity contribution is 7.89. The van der Waals surface area contributed by atoms with Gasteiger partial charge in [-0.05, 0) is 37.8 Å². The number of rotatable bonds is 6. The second-order valence-electron chi connectivity index (χ2n) is 5.55. The van der Waals surface area contributed by atoms with Crippen LogP contribution in [0.1, 0.15) is 31.6 Å². The Bertz CT molecular complexity index is 718. The molecule has 0 spiro atoms. The molecule has 126 valence electrons. The van der Waals surface area contributed by atoms with Crippen molar-refractivity contribution in [3.8, 4) is 0 Å². The van der Waals surface area contributed by atoms with E-state index in [1.807, 2.05) is 17.7 Å². The third-order valence-electron chi connectivity index (χ3n) is 4.15. The van der Waals surface area contributed by atoms with Gasteiger partial charge in [-0.25, -0.2) is 13.4 Å². The van der Waals surface area contributed by atoms with E-state index < -0.39 is 16.1 Å². The zero-order chi connectivity index (χ0) is 16.3. The first-order valence-corrected chi connectivity index (χ1v) is 9.24. The van der Waals surface area contributed by atoms with Gasteiger partial charge in [0.05, 0.1) is 12.3 Å². The molecule has 1 aliphatic heterocycles. The van der Waals surface area contributed by atoms with Crippen molar-refractivity contribution in [1.82, 2.24) is 14.3 Å². The van der Waals surface area contributed by atoms with Crippen LogP contribution in [-0.4, -0.2) is 31.2 Å². The van der Waals surface area contributed by atoms with Crippen LogP contribution in [-0.2, 0) is 21.3 Å². The van der Waals surface area contributed by atoms with Gasteiger partial charge < -0.3 is 13.7 Å². The minimum absolute atomic E-state index is 0.0795. The fraction of sp³-hybridized carbons (Fsp3) is 0.533. The topological polar surface area (TPSA) is 86.4 Å². The standard InChI is InChI=1S/C15H21N3O4S/c1-2-18-8-7-16-15(18)14(12-5-10-21-11-6-12)17-23(19,20)13-4-3-9-22-13/h3-4,7-9,12,14,17H,2,5-6,10-11H2,1H3/t14-/m0/s1. The van der Waals surface area contributed by atoms with E-state index in [0.29, 0.717) is 13.2 Å². The summed E-state index contributed by atoms with van der Waals surface area (Å²) < 4.78 is 40.3. The summed E-state index contributed by atoms with van der Waals surface area (Å²) in [5, 5.41) is -0.0795. The minimum atomic E-state index is -3.73. The van der Waals surface area contributed by atoms with Gasteiger partial charge in [0.2, 0.25) is 5.09 Å². The molecule has 7 nitrogen and oxygen atoms in total. The summed E-state index contributed by atoms with van der Waals surface area (Å²) in [6.45, 7) is 4.01. The molecule has 23 heavy (non-hydrogen) atoms. The fourth-order valence-electron chi connectivity index (χ4n) is 2.92. The number of imidazole rings is 1. The van der Waals surface area contributed by atoms with Crippen LogP contribution >= 0.6 is 0 Å². The zero-order valence-corrected chi connectivity index (χ0v) is 13.8. The summed E-state index contributed by atoms with van der Waals surface area (Å²) >= 11 is 0. The highest BCUT2D eigenvalue weighted by Crippen LogP contribution is 2.31. The first-order chi connectivity index (χ1) is 11.1. The van der Waals surface area contributed by atoms with Crippen molar-refractivity contribution in [2.24, 2.45) is 5.92 Å². The minimum Gasteiger partial charge on any atom is -0.452 e. The zero-order valence-electron chi connectivity index (χ0n) is 13.0. The van der Waals surface area contributed by atoms with Crippen molar-refractivity contribution < 1.29 is 17.6 Å². The molecule has 1 aliphatic rings. The van der Waals surface area contributed by atoms with Gasteiger partial charge in [0.25, 0.3) is 10.0 Å². The number of nitrogens with zero attached hydrogens (tertiary/aromatic N) is 2. The van der Waals surface area contributed by atoms with Crippen molar-refractivity contribution in [1.29, 1.82) is 0 Å². The highest BCUT2D eigenvalue weighted by atomic mass is 32.2. The first kappa shape index (κ1) is 16.2. The van der Waals surface area contributed by atoms with Gasteiger partial charge in [0.1, 0.15) is 5.82 Å². The Labute approximate surface area is 135 Å². The lowest BCUT2D eigenvalue weighted by molar-refractivity contribution is 0.0550. The monoisotopic (exact) mass is 339 g/mol. The fourth-order valence-corrected chi connectivity index (χ4v) is 4.11. The van der Waals surface area contributed by atoms with E-state index in [9.17, 15) is 8.42 Å². The van der Waals surface area contributed by atoms with Crippen molar-refractivity contribution >= 4 is 10.0 Å². The van der Waals surface area contributed by atoms with Crippen LogP contribution in [0.3, 0.4) is 0 Å². The molecule has 0 amide bonds. The first-order valence-electron chi connectivity index (χ1n) is 7.76. The third-order valence-corrected chi connectivity index (χ3v) is 5.47. The second kappa shape index (κ2) is 6.86. The van der Waals surface area contributed by atoms with Crippen molar-refractivity contribution in [2.75, 3.05) is 13.2 Å². The number of hydrogen-bond donors (Lipinski definition) is 1. The lowest BCUT2D eigenvalue weighted by atomic mass is 9.92. The Morgan fingerprint density at radius 1 is 1.43 bits per heavy atom. The Morgan fingerprint density at radius 3 is 2.87 bits per heavy atom. The number of ether oxygens (including phenoxy) is 1. The molecule has 1 N–H and O–H groups in total. The predicted molar refractivity (Wildman–Crippen MR) is 83.2 cm³/mol. The number of aryl methyl sites for hydroxylation is 1. The molecule has 0 aromatic carbocycles. The molecule has 1 fully saturated rings. The lowest BCUT2D eigenvalue weighted by Gasteiger charge is -2.30. The van der Waals surface area contributed by atoms with Gasteiger partial charge in [-0.1, -0.05) is 0 Å². The van der Waals surface area contributed by atoms with Gasteiger partial charge in [0.15, 0.2) is 0 Å². The molecule has 0 aliphatic carbocycles. The van der Waals surface area contributed by atoms with Gasteiger partial charge in [-0.15, -0.1) is 0 Å². The molecule has 2 aromatic heterocycles. The van der Waals surface area contributed by atoms with Crippen molar-refractivity contribution in [3.63, 3.8) is 0 Å². The van der Waals surface area contributed by atoms with E-state index in [0.717, 1.165) is 25.2 Å². The van der Waals surface area contributed by atoms with Crippen molar-refractivity contribution in [2.45, 2.75) is 37.4 Å². The molecule has 3 heterocycles. The van der Waals surface area contributed by atoms with Crippen LogP contribution in [0.25, 0.3) is 0 Å². The average molecular weight is 339 g/mol. The largest absolute Gasteiger partial charge is 0.452 e. The SMILES string of the molecule is CCn1ccnc1[C@@H](NS(=O)(=O)c1ccco1)C1CCOCC1. The predicted octanol–water partition coefficient (Wildman–Crippen LogP) is 1.94.